The summed E-state index contributed by atoms with van der Waals surface area (Å²) in [6.07, 6.45) is -4.44. The molecule has 1 unspecified atom stereocenters. The molecule has 3 N–H and O–H groups in total. The van der Waals surface area contributed by atoms with Gasteiger partial charge in [-0.25, -0.2) is 4.79 Å². The second-order valence-electron chi connectivity index (χ2n) is 5.87. The fourth-order valence-corrected chi connectivity index (χ4v) is 2.36. The molecule has 0 radical (unpaired) electrons. The molecular formula is C19H20F3N3O2. The summed E-state index contributed by atoms with van der Waals surface area (Å²) in [5.41, 5.74) is 0.0927. The number of alkyl halides is 3. The predicted molar refractivity (Wildman–Crippen MR) is 95.2 cm³/mol. The van der Waals surface area contributed by atoms with Gasteiger partial charge < -0.3 is 16.0 Å². The van der Waals surface area contributed by atoms with Gasteiger partial charge in [0.1, 0.15) is 0 Å². The minimum atomic E-state index is -4.44. The van der Waals surface area contributed by atoms with Crippen LogP contribution in [0.1, 0.15) is 34.5 Å². The first-order valence-electron chi connectivity index (χ1n) is 8.32. The molecule has 3 amide bonds. The van der Waals surface area contributed by atoms with E-state index in [-0.39, 0.29) is 19.0 Å². The first-order chi connectivity index (χ1) is 12.8. The van der Waals surface area contributed by atoms with Crippen LogP contribution in [0.15, 0.2) is 54.6 Å². The Kier molecular flexibility index (Phi) is 6.81. The van der Waals surface area contributed by atoms with Gasteiger partial charge in [-0.2, -0.15) is 13.2 Å². The summed E-state index contributed by atoms with van der Waals surface area (Å²) in [7, 11) is 0. The monoisotopic (exact) mass is 379 g/mol. The maximum atomic E-state index is 12.8. The van der Waals surface area contributed by atoms with Crippen molar-refractivity contribution in [2.75, 3.05) is 13.1 Å². The van der Waals surface area contributed by atoms with Crippen LogP contribution in [-0.4, -0.2) is 25.0 Å². The highest BCUT2D eigenvalue weighted by atomic mass is 19.4. The second kappa shape index (κ2) is 9.07. The van der Waals surface area contributed by atoms with E-state index < -0.39 is 23.8 Å². The van der Waals surface area contributed by atoms with Crippen LogP contribution in [0.3, 0.4) is 0 Å². The van der Waals surface area contributed by atoms with Crippen molar-refractivity contribution in [1.82, 2.24) is 16.0 Å². The number of carbonyl (C=O) groups is 2. The first kappa shape index (κ1) is 20.3. The zero-order valence-electron chi connectivity index (χ0n) is 14.6. The fourth-order valence-electron chi connectivity index (χ4n) is 2.36. The Balaban J connectivity index is 1.76. The van der Waals surface area contributed by atoms with Gasteiger partial charge >= 0.3 is 12.2 Å². The number of hydrogen-bond acceptors (Lipinski definition) is 2. The third kappa shape index (κ3) is 6.32. The van der Waals surface area contributed by atoms with Gasteiger partial charge in [-0.15, -0.1) is 0 Å². The Labute approximate surface area is 155 Å². The number of benzene rings is 2. The summed E-state index contributed by atoms with van der Waals surface area (Å²) in [6.45, 7) is 1.99. The van der Waals surface area contributed by atoms with Crippen LogP contribution in [0.25, 0.3) is 0 Å². The Morgan fingerprint density at radius 1 is 0.963 bits per heavy atom. The molecule has 0 heterocycles. The van der Waals surface area contributed by atoms with Crippen molar-refractivity contribution in [3.05, 3.63) is 71.3 Å². The van der Waals surface area contributed by atoms with Gasteiger partial charge in [-0.1, -0.05) is 30.3 Å². The van der Waals surface area contributed by atoms with Crippen molar-refractivity contribution in [3.8, 4) is 0 Å². The fraction of sp³-hybridized carbons (Fsp3) is 0.263. The largest absolute Gasteiger partial charge is 0.416 e. The lowest BCUT2D eigenvalue weighted by Crippen LogP contribution is -2.41. The molecule has 0 saturated carbocycles. The van der Waals surface area contributed by atoms with Gasteiger partial charge in [-0.3, -0.25) is 4.79 Å². The Morgan fingerprint density at radius 3 is 2.30 bits per heavy atom. The van der Waals surface area contributed by atoms with Gasteiger partial charge in [0.25, 0.3) is 5.91 Å². The Hall–Kier alpha value is -3.03. The third-order valence-electron chi connectivity index (χ3n) is 3.79. The zero-order valence-corrected chi connectivity index (χ0v) is 14.6. The van der Waals surface area contributed by atoms with Gasteiger partial charge in [0.2, 0.25) is 0 Å². The summed E-state index contributed by atoms with van der Waals surface area (Å²) in [6, 6.07) is 12.3. The smallest absolute Gasteiger partial charge is 0.350 e. The third-order valence-corrected chi connectivity index (χ3v) is 3.79. The van der Waals surface area contributed by atoms with E-state index in [9.17, 15) is 22.8 Å². The van der Waals surface area contributed by atoms with Gasteiger partial charge in [-0.05, 0) is 36.8 Å². The number of hydrogen-bond donors (Lipinski definition) is 3. The van der Waals surface area contributed by atoms with E-state index in [0.29, 0.717) is 11.1 Å². The van der Waals surface area contributed by atoms with Crippen LogP contribution >= 0.6 is 0 Å². The molecule has 27 heavy (non-hydrogen) atoms. The summed E-state index contributed by atoms with van der Waals surface area (Å²) < 4.78 is 38.3. The molecule has 0 aliphatic heterocycles. The standard InChI is InChI=1S/C19H20F3N3O2/c1-13(15-8-5-9-16(12-15)19(20,21)22)25-18(27)24-11-10-23-17(26)14-6-3-2-4-7-14/h2-9,12-13H,10-11H2,1H3,(H,23,26)(H2,24,25,27). The minimum absolute atomic E-state index is 0.180. The molecule has 0 saturated heterocycles. The first-order valence-corrected chi connectivity index (χ1v) is 8.32. The topological polar surface area (TPSA) is 70.2 Å². The van der Waals surface area contributed by atoms with Crippen LogP contribution < -0.4 is 16.0 Å². The van der Waals surface area contributed by atoms with Crippen molar-refractivity contribution < 1.29 is 22.8 Å². The SMILES string of the molecule is CC(NC(=O)NCCNC(=O)c1ccccc1)c1cccc(C(F)(F)F)c1. The number of carbonyl (C=O) groups excluding carboxylic acids is 2. The number of rotatable bonds is 6. The summed E-state index contributed by atoms with van der Waals surface area (Å²) in [5.74, 6) is -0.254. The van der Waals surface area contributed by atoms with E-state index in [1.165, 1.54) is 12.1 Å². The van der Waals surface area contributed by atoms with Crippen LogP contribution in [0.5, 0.6) is 0 Å². The maximum Gasteiger partial charge on any atom is 0.416 e. The maximum absolute atomic E-state index is 12.8. The number of halogens is 3. The highest BCUT2D eigenvalue weighted by Gasteiger charge is 2.30. The quantitative estimate of drug-likeness (QED) is 0.673. The average Bonchev–Trinajstić information content (AvgIpc) is 2.65. The van der Waals surface area contributed by atoms with E-state index in [1.54, 1.807) is 37.3 Å². The van der Waals surface area contributed by atoms with Crippen molar-refractivity contribution in [1.29, 1.82) is 0 Å². The van der Waals surface area contributed by atoms with Crippen LogP contribution in [0.2, 0.25) is 0 Å². The van der Waals surface area contributed by atoms with E-state index >= 15 is 0 Å². The van der Waals surface area contributed by atoms with Crippen LogP contribution in [-0.2, 0) is 6.18 Å². The number of nitrogens with one attached hydrogen (secondary N) is 3. The molecule has 0 aromatic heterocycles. The predicted octanol–water partition coefficient (Wildman–Crippen LogP) is 3.50. The lowest BCUT2D eigenvalue weighted by atomic mass is 10.1. The van der Waals surface area contributed by atoms with Crippen molar-refractivity contribution in [2.45, 2.75) is 19.1 Å². The molecule has 1 atom stereocenters. The van der Waals surface area contributed by atoms with Crippen LogP contribution in [0, 0.1) is 0 Å². The molecule has 0 fully saturated rings. The minimum Gasteiger partial charge on any atom is -0.350 e. The molecule has 0 aliphatic carbocycles. The molecule has 5 nitrogen and oxygen atoms in total. The highest BCUT2D eigenvalue weighted by molar-refractivity contribution is 5.94. The Morgan fingerprint density at radius 2 is 1.63 bits per heavy atom. The van der Waals surface area contributed by atoms with Crippen LogP contribution in [0.4, 0.5) is 18.0 Å². The molecule has 2 rings (SSSR count). The lowest BCUT2D eigenvalue weighted by molar-refractivity contribution is -0.137. The molecule has 0 bridgehead atoms. The molecule has 144 valence electrons. The number of amides is 3. The molecule has 0 aliphatic rings. The second-order valence-corrected chi connectivity index (χ2v) is 5.87. The van der Waals surface area contributed by atoms with Gasteiger partial charge in [0, 0.05) is 18.7 Å². The zero-order chi connectivity index (χ0) is 19.9. The van der Waals surface area contributed by atoms with Crippen molar-refractivity contribution in [2.24, 2.45) is 0 Å². The van der Waals surface area contributed by atoms with E-state index in [0.717, 1.165) is 12.1 Å². The van der Waals surface area contributed by atoms with Crippen molar-refractivity contribution >= 4 is 11.9 Å². The summed E-state index contributed by atoms with van der Waals surface area (Å²) in [5, 5.41) is 7.77. The molecular weight excluding hydrogens is 359 g/mol. The molecule has 0 spiro atoms. The number of urea groups is 1. The van der Waals surface area contributed by atoms with Crippen molar-refractivity contribution in [3.63, 3.8) is 0 Å². The molecule has 2 aromatic carbocycles. The summed E-state index contributed by atoms with van der Waals surface area (Å²) >= 11 is 0. The van der Waals surface area contributed by atoms with E-state index in [1.807, 2.05) is 0 Å². The molecule has 2 aromatic rings. The summed E-state index contributed by atoms with van der Waals surface area (Å²) in [4.78, 5) is 23.7. The highest BCUT2D eigenvalue weighted by Crippen LogP contribution is 2.30. The Bertz CT molecular complexity index is 779. The average molecular weight is 379 g/mol. The van der Waals surface area contributed by atoms with Gasteiger partial charge in [0.05, 0.1) is 11.6 Å². The molecule has 8 heteroatoms. The lowest BCUT2D eigenvalue weighted by Gasteiger charge is -2.17. The van der Waals surface area contributed by atoms with E-state index in [2.05, 4.69) is 16.0 Å². The normalized spacial score (nSPS) is 12.1. The van der Waals surface area contributed by atoms with E-state index in [4.69, 9.17) is 0 Å². The van der Waals surface area contributed by atoms with Gasteiger partial charge in [0.15, 0.2) is 0 Å².